The summed E-state index contributed by atoms with van der Waals surface area (Å²) in [6.45, 7) is 1.94. The highest BCUT2D eigenvalue weighted by atomic mass is 79.9. The van der Waals surface area contributed by atoms with Gasteiger partial charge in [-0.3, -0.25) is 4.98 Å². The minimum atomic E-state index is 0.929. The molecule has 0 saturated carbocycles. The topological polar surface area (TPSA) is 28.2 Å². The average Bonchev–Trinajstić information content (AvgIpc) is 2.30. The molecule has 1 heterocycles. The van der Waals surface area contributed by atoms with Gasteiger partial charge >= 0.3 is 0 Å². The average molecular weight is 294 g/mol. The second kappa shape index (κ2) is 5.47. The van der Waals surface area contributed by atoms with E-state index in [0.717, 1.165) is 34.2 Å². The Morgan fingerprint density at radius 2 is 2.12 bits per heavy atom. The van der Waals surface area contributed by atoms with E-state index in [2.05, 4.69) is 51.3 Å². The molecule has 0 atom stereocenters. The molecule has 2 aromatic rings. The van der Waals surface area contributed by atoms with Gasteiger partial charge in [0.1, 0.15) is 0 Å². The SMILES string of the molecule is CN(C)CCNc1ccnc2c(Br)cccc12. The fraction of sp³-hybridized carbons (Fsp3) is 0.308. The van der Waals surface area contributed by atoms with Gasteiger partial charge in [0.25, 0.3) is 0 Å². The third-order valence-corrected chi connectivity index (χ3v) is 3.24. The van der Waals surface area contributed by atoms with E-state index in [1.807, 2.05) is 24.4 Å². The number of rotatable bonds is 4. The predicted molar refractivity (Wildman–Crippen MR) is 76.5 cm³/mol. The second-order valence-electron chi connectivity index (χ2n) is 4.22. The van der Waals surface area contributed by atoms with Crippen LogP contribution in [0.2, 0.25) is 0 Å². The van der Waals surface area contributed by atoms with Crippen molar-refractivity contribution in [2.75, 3.05) is 32.5 Å². The molecule has 2 rings (SSSR count). The number of aromatic nitrogens is 1. The number of likely N-dealkylation sites (N-methyl/N-ethyl adjacent to an activating group) is 1. The zero-order valence-corrected chi connectivity index (χ0v) is 11.7. The van der Waals surface area contributed by atoms with Gasteiger partial charge in [0.2, 0.25) is 0 Å². The summed E-state index contributed by atoms with van der Waals surface area (Å²) < 4.78 is 1.03. The van der Waals surface area contributed by atoms with E-state index < -0.39 is 0 Å². The zero-order valence-electron chi connectivity index (χ0n) is 10.1. The van der Waals surface area contributed by atoms with E-state index in [1.165, 1.54) is 0 Å². The van der Waals surface area contributed by atoms with Crippen molar-refractivity contribution in [3.8, 4) is 0 Å². The standard InChI is InChI=1S/C13H16BrN3/c1-17(2)9-8-15-12-6-7-16-13-10(12)4-3-5-11(13)14/h3-7H,8-9H2,1-2H3,(H,15,16). The fourth-order valence-electron chi connectivity index (χ4n) is 1.71. The first kappa shape index (κ1) is 12.3. The molecule has 0 unspecified atom stereocenters. The van der Waals surface area contributed by atoms with Crippen LogP contribution in [0.5, 0.6) is 0 Å². The Bertz CT molecular complexity index is 511. The summed E-state index contributed by atoms with van der Waals surface area (Å²) in [7, 11) is 4.14. The van der Waals surface area contributed by atoms with Gasteiger partial charge in [-0.2, -0.15) is 0 Å². The molecule has 0 fully saturated rings. The monoisotopic (exact) mass is 293 g/mol. The van der Waals surface area contributed by atoms with E-state index >= 15 is 0 Å². The first-order chi connectivity index (χ1) is 8.18. The molecule has 0 aliphatic rings. The van der Waals surface area contributed by atoms with Crippen LogP contribution in [-0.2, 0) is 0 Å². The van der Waals surface area contributed by atoms with Crippen LogP contribution in [0.25, 0.3) is 10.9 Å². The van der Waals surface area contributed by atoms with E-state index in [1.54, 1.807) is 0 Å². The molecular formula is C13H16BrN3. The van der Waals surface area contributed by atoms with Crippen LogP contribution in [0.3, 0.4) is 0 Å². The highest BCUT2D eigenvalue weighted by Crippen LogP contribution is 2.26. The lowest BCUT2D eigenvalue weighted by atomic mass is 10.2. The molecule has 90 valence electrons. The Labute approximate surface area is 110 Å². The molecule has 1 aromatic heterocycles. The van der Waals surface area contributed by atoms with Crippen LogP contribution in [0.15, 0.2) is 34.9 Å². The third-order valence-electron chi connectivity index (χ3n) is 2.60. The molecule has 17 heavy (non-hydrogen) atoms. The predicted octanol–water partition coefficient (Wildman–Crippen LogP) is 2.97. The molecule has 1 N–H and O–H groups in total. The van der Waals surface area contributed by atoms with Crippen molar-refractivity contribution in [2.24, 2.45) is 0 Å². The number of para-hydroxylation sites is 1. The largest absolute Gasteiger partial charge is 0.383 e. The third kappa shape index (κ3) is 2.96. The second-order valence-corrected chi connectivity index (χ2v) is 5.08. The van der Waals surface area contributed by atoms with Gasteiger partial charge in [-0.1, -0.05) is 12.1 Å². The summed E-state index contributed by atoms with van der Waals surface area (Å²) in [6.07, 6.45) is 1.84. The Balaban J connectivity index is 2.25. The quantitative estimate of drug-likeness (QED) is 0.939. The van der Waals surface area contributed by atoms with Crippen molar-refractivity contribution in [3.05, 3.63) is 34.9 Å². The van der Waals surface area contributed by atoms with Crippen LogP contribution >= 0.6 is 15.9 Å². The summed E-state index contributed by atoms with van der Waals surface area (Å²) in [5.74, 6) is 0. The van der Waals surface area contributed by atoms with E-state index in [0.29, 0.717) is 0 Å². The zero-order chi connectivity index (χ0) is 12.3. The summed E-state index contributed by atoms with van der Waals surface area (Å²) in [4.78, 5) is 6.55. The molecule has 0 spiro atoms. The maximum Gasteiger partial charge on any atom is 0.0864 e. The maximum absolute atomic E-state index is 4.39. The minimum Gasteiger partial charge on any atom is -0.383 e. The molecule has 0 bridgehead atoms. The number of anilines is 1. The van der Waals surface area contributed by atoms with Gasteiger partial charge < -0.3 is 10.2 Å². The highest BCUT2D eigenvalue weighted by Gasteiger charge is 2.03. The summed E-state index contributed by atoms with van der Waals surface area (Å²) in [6, 6.07) is 8.15. The van der Waals surface area contributed by atoms with Crippen molar-refractivity contribution in [1.29, 1.82) is 0 Å². The van der Waals surface area contributed by atoms with Gasteiger partial charge in [0, 0.05) is 34.8 Å². The molecule has 4 heteroatoms. The summed E-state index contributed by atoms with van der Waals surface area (Å²) >= 11 is 3.52. The molecule has 0 saturated heterocycles. The van der Waals surface area contributed by atoms with Crippen LogP contribution < -0.4 is 5.32 Å². The van der Waals surface area contributed by atoms with Crippen LogP contribution in [0, 0.1) is 0 Å². The molecule has 0 amide bonds. The van der Waals surface area contributed by atoms with E-state index in [-0.39, 0.29) is 0 Å². The molecular weight excluding hydrogens is 278 g/mol. The van der Waals surface area contributed by atoms with Crippen molar-refractivity contribution in [2.45, 2.75) is 0 Å². The minimum absolute atomic E-state index is 0.929. The lowest BCUT2D eigenvalue weighted by Crippen LogP contribution is -2.20. The first-order valence-corrected chi connectivity index (χ1v) is 6.39. The van der Waals surface area contributed by atoms with Crippen molar-refractivity contribution in [1.82, 2.24) is 9.88 Å². The number of benzene rings is 1. The lowest BCUT2D eigenvalue weighted by molar-refractivity contribution is 0.425. The lowest BCUT2D eigenvalue weighted by Gasteiger charge is -2.13. The van der Waals surface area contributed by atoms with Gasteiger partial charge in [-0.25, -0.2) is 0 Å². The number of fused-ring (bicyclic) bond motifs is 1. The number of hydrogen-bond donors (Lipinski definition) is 1. The van der Waals surface area contributed by atoms with Crippen LogP contribution in [-0.4, -0.2) is 37.1 Å². The van der Waals surface area contributed by atoms with Gasteiger partial charge in [0.05, 0.1) is 5.52 Å². The molecule has 1 aromatic carbocycles. The van der Waals surface area contributed by atoms with E-state index in [4.69, 9.17) is 0 Å². The summed E-state index contributed by atoms with van der Waals surface area (Å²) in [5, 5.41) is 4.60. The normalized spacial score (nSPS) is 11.1. The van der Waals surface area contributed by atoms with Crippen LogP contribution in [0.4, 0.5) is 5.69 Å². The van der Waals surface area contributed by atoms with Gasteiger partial charge in [-0.15, -0.1) is 0 Å². The van der Waals surface area contributed by atoms with Crippen molar-refractivity contribution in [3.63, 3.8) is 0 Å². The number of nitrogens with one attached hydrogen (secondary N) is 1. The smallest absolute Gasteiger partial charge is 0.0864 e. The number of halogens is 1. The van der Waals surface area contributed by atoms with Gasteiger partial charge in [0.15, 0.2) is 0 Å². The first-order valence-electron chi connectivity index (χ1n) is 5.60. The number of pyridine rings is 1. The number of hydrogen-bond acceptors (Lipinski definition) is 3. The number of nitrogens with zero attached hydrogens (tertiary/aromatic N) is 2. The molecule has 3 nitrogen and oxygen atoms in total. The maximum atomic E-state index is 4.39. The summed E-state index contributed by atoms with van der Waals surface area (Å²) in [5.41, 5.74) is 2.14. The van der Waals surface area contributed by atoms with E-state index in [9.17, 15) is 0 Å². The Morgan fingerprint density at radius 3 is 2.88 bits per heavy atom. The van der Waals surface area contributed by atoms with Crippen LogP contribution in [0.1, 0.15) is 0 Å². The van der Waals surface area contributed by atoms with Gasteiger partial charge in [-0.05, 0) is 42.2 Å². The molecule has 0 radical (unpaired) electrons. The Hall–Kier alpha value is -1.13. The molecule has 0 aliphatic heterocycles. The molecule has 0 aliphatic carbocycles. The fourth-order valence-corrected chi connectivity index (χ4v) is 2.18. The highest BCUT2D eigenvalue weighted by molar-refractivity contribution is 9.10. The van der Waals surface area contributed by atoms with Crippen molar-refractivity contribution < 1.29 is 0 Å². The Morgan fingerprint density at radius 1 is 1.29 bits per heavy atom. The van der Waals surface area contributed by atoms with Crippen molar-refractivity contribution >= 4 is 32.5 Å². The Kier molecular flexibility index (Phi) is 3.97.